The molecule has 132 valence electrons. The first kappa shape index (κ1) is 18.5. The van der Waals surface area contributed by atoms with Crippen LogP contribution in [-0.2, 0) is 4.79 Å². The van der Waals surface area contributed by atoms with E-state index in [4.69, 9.17) is 9.47 Å². The molecule has 0 spiro atoms. The fourth-order valence-electron chi connectivity index (χ4n) is 2.16. The number of nitrogens with one attached hydrogen (secondary N) is 1. The minimum atomic E-state index is -1.22. The zero-order chi connectivity index (χ0) is 18.4. The van der Waals surface area contributed by atoms with Crippen LogP contribution in [0, 0.1) is 0 Å². The predicted octanol–water partition coefficient (Wildman–Crippen LogP) is 3.07. The standard InChI is InChI=1S/C17H17NO6S/c1-23-13-8-10(17(21)22)11(9-14(13)24-2)18-16(20)6-5-12(19)15-4-3-7-25-15/h3-4,7-9H,5-6H2,1-2H3,(H,18,20)(H,21,22). The smallest absolute Gasteiger partial charge is 0.337 e. The lowest BCUT2D eigenvalue weighted by Gasteiger charge is -2.13. The van der Waals surface area contributed by atoms with E-state index in [9.17, 15) is 19.5 Å². The Labute approximate surface area is 148 Å². The number of methoxy groups -OCH3 is 2. The van der Waals surface area contributed by atoms with Crippen molar-refractivity contribution in [2.45, 2.75) is 12.8 Å². The maximum atomic E-state index is 12.1. The first-order valence-electron chi connectivity index (χ1n) is 7.32. The molecule has 2 aromatic rings. The molecule has 0 aliphatic rings. The number of carboxylic acid groups (broad SMARTS) is 1. The van der Waals surface area contributed by atoms with Crippen molar-refractivity contribution >= 4 is 34.7 Å². The van der Waals surface area contributed by atoms with Gasteiger partial charge in [-0.2, -0.15) is 0 Å². The van der Waals surface area contributed by atoms with Crippen LogP contribution in [0.4, 0.5) is 5.69 Å². The third kappa shape index (κ3) is 4.57. The van der Waals surface area contributed by atoms with Gasteiger partial charge in [0.2, 0.25) is 5.91 Å². The summed E-state index contributed by atoms with van der Waals surface area (Å²) >= 11 is 1.31. The van der Waals surface area contributed by atoms with Crippen LogP contribution in [0.2, 0.25) is 0 Å². The van der Waals surface area contributed by atoms with Crippen LogP contribution >= 0.6 is 11.3 Å². The molecule has 0 aliphatic heterocycles. The maximum Gasteiger partial charge on any atom is 0.337 e. The van der Waals surface area contributed by atoms with E-state index in [-0.39, 0.29) is 41.4 Å². The zero-order valence-corrected chi connectivity index (χ0v) is 14.5. The van der Waals surface area contributed by atoms with E-state index in [1.54, 1.807) is 17.5 Å². The Bertz CT molecular complexity index is 785. The summed E-state index contributed by atoms with van der Waals surface area (Å²) in [7, 11) is 2.79. The summed E-state index contributed by atoms with van der Waals surface area (Å²) in [5.74, 6) is -1.27. The molecule has 1 heterocycles. The summed E-state index contributed by atoms with van der Waals surface area (Å²) < 4.78 is 10.2. The van der Waals surface area contributed by atoms with E-state index in [0.717, 1.165) is 0 Å². The van der Waals surface area contributed by atoms with Gasteiger partial charge >= 0.3 is 5.97 Å². The van der Waals surface area contributed by atoms with E-state index < -0.39 is 11.9 Å². The van der Waals surface area contributed by atoms with Crippen LogP contribution in [0.5, 0.6) is 11.5 Å². The third-order valence-corrected chi connectivity index (χ3v) is 4.31. The van der Waals surface area contributed by atoms with Crippen molar-refractivity contribution in [3.63, 3.8) is 0 Å². The summed E-state index contributed by atoms with van der Waals surface area (Å²) in [4.78, 5) is 36.0. The van der Waals surface area contributed by atoms with Gasteiger partial charge in [0, 0.05) is 25.0 Å². The Morgan fingerprint density at radius 2 is 1.80 bits per heavy atom. The average molecular weight is 363 g/mol. The Balaban J connectivity index is 2.11. The number of Topliss-reactive ketones (excluding diaryl/α,β-unsaturated/α-hetero) is 1. The molecule has 1 aromatic carbocycles. The number of ketones is 1. The molecule has 0 saturated heterocycles. The van der Waals surface area contributed by atoms with Gasteiger partial charge in [-0.3, -0.25) is 9.59 Å². The Hall–Kier alpha value is -2.87. The molecular weight excluding hydrogens is 346 g/mol. The van der Waals surface area contributed by atoms with Crippen LogP contribution in [0.15, 0.2) is 29.6 Å². The maximum absolute atomic E-state index is 12.1. The number of ether oxygens (including phenoxy) is 2. The number of rotatable bonds is 8. The first-order chi connectivity index (χ1) is 12.0. The van der Waals surface area contributed by atoms with Crippen molar-refractivity contribution in [3.8, 4) is 11.5 Å². The van der Waals surface area contributed by atoms with Crippen molar-refractivity contribution in [3.05, 3.63) is 40.1 Å². The van der Waals surface area contributed by atoms with Crippen molar-refractivity contribution < 1.29 is 29.0 Å². The van der Waals surface area contributed by atoms with Gasteiger partial charge in [-0.15, -0.1) is 11.3 Å². The second-order valence-corrected chi connectivity index (χ2v) is 5.95. The molecule has 0 atom stereocenters. The summed E-state index contributed by atoms with van der Waals surface area (Å²) in [5.41, 5.74) is -0.0469. The second kappa shape index (κ2) is 8.29. The SMILES string of the molecule is COc1cc(NC(=O)CCC(=O)c2cccs2)c(C(=O)O)cc1OC. The molecule has 0 fully saturated rings. The van der Waals surface area contributed by atoms with E-state index in [1.165, 1.54) is 37.7 Å². The van der Waals surface area contributed by atoms with Crippen LogP contribution < -0.4 is 14.8 Å². The topological polar surface area (TPSA) is 102 Å². The Kier molecular flexibility index (Phi) is 6.13. The number of benzene rings is 1. The monoisotopic (exact) mass is 363 g/mol. The number of aromatic carboxylic acids is 1. The largest absolute Gasteiger partial charge is 0.493 e. The number of amides is 1. The van der Waals surface area contributed by atoms with Crippen LogP contribution in [0.3, 0.4) is 0 Å². The lowest BCUT2D eigenvalue weighted by atomic mass is 10.1. The predicted molar refractivity (Wildman–Crippen MR) is 93.0 cm³/mol. The third-order valence-electron chi connectivity index (χ3n) is 3.40. The number of anilines is 1. The van der Waals surface area contributed by atoms with E-state index in [2.05, 4.69) is 5.32 Å². The minimum absolute atomic E-state index is 0.0437. The Morgan fingerprint density at radius 3 is 2.36 bits per heavy atom. The fourth-order valence-corrected chi connectivity index (χ4v) is 2.85. The lowest BCUT2D eigenvalue weighted by Crippen LogP contribution is -2.16. The van der Waals surface area contributed by atoms with Gasteiger partial charge in [0.25, 0.3) is 0 Å². The first-order valence-corrected chi connectivity index (χ1v) is 8.20. The molecule has 0 radical (unpaired) electrons. The number of carboxylic acids is 1. The van der Waals surface area contributed by atoms with Gasteiger partial charge in [-0.1, -0.05) is 6.07 Å². The highest BCUT2D eigenvalue weighted by Crippen LogP contribution is 2.33. The highest BCUT2D eigenvalue weighted by atomic mass is 32.1. The zero-order valence-electron chi connectivity index (χ0n) is 13.7. The van der Waals surface area contributed by atoms with Gasteiger partial charge in [0.15, 0.2) is 17.3 Å². The number of hydrogen-bond acceptors (Lipinski definition) is 6. The van der Waals surface area contributed by atoms with Crippen molar-refractivity contribution in [2.75, 3.05) is 19.5 Å². The number of carbonyl (C=O) groups excluding carboxylic acids is 2. The van der Waals surface area contributed by atoms with E-state index >= 15 is 0 Å². The van der Waals surface area contributed by atoms with Crippen molar-refractivity contribution in [1.29, 1.82) is 0 Å². The molecule has 0 unspecified atom stereocenters. The molecule has 7 nitrogen and oxygen atoms in total. The quantitative estimate of drug-likeness (QED) is 0.699. The molecule has 2 N–H and O–H groups in total. The van der Waals surface area contributed by atoms with Crippen LogP contribution in [-0.4, -0.2) is 37.0 Å². The fraction of sp³-hybridized carbons (Fsp3) is 0.235. The molecule has 25 heavy (non-hydrogen) atoms. The van der Waals surface area contributed by atoms with Gasteiger partial charge in [0.1, 0.15) is 0 Å². The summed E-state index contributed by atoms with van der Waals surface area (Å²) in [6.45, 7) is 0. The highest BCUT2D eigenvalue weighted by Gasteiger charge is 2.18. The van der Waals surface area contributed by atoms with Crippen molar-refractivity contribution in [1.82, 2.24) is 0 Å². The molecule has 8 heteroatoms. The lowest BCUT2D eigenvalue weighted by molar-refractivity contribution is -0.116. The minimum Gasteiger partial charge on any atom is -0.493 e. The molecule has 0 aliphatic carbocycles. The number of carbonyl (C=O) groups is 3. The van der Waals surface area contributed by atoms with E-state index in [1.807, 2.05) is 0 Å². The highest BCUT2D eigenvalue weighted by molar-refractivity contribution is 7.12. The normalized spacial score (nSPS) is 10.2. The molecular formula is C17H17NO6S. The Morgan fingerprint density at radius 1 is 1.12 bits per heavy atom. The number of thiophene rings is 1. The molecule has 0 saturated carbocycles. The summed E-state index contributed by atoms with van der Waals surface area (Å²) in [6, 6.07) is 6.11. The molecule has 2 rings (SSSR count). The molecule has 1 aromatic heterocycles. The van der Waals surface area contributed by atoms with Gasteiger partial charge in [-0.25, -0.2) is 4.79 Å². The van der Waals surface area contributed by atoms with Crippen LogP contribution in [0.25, 0.3) is 0 Å². The van der Waals surface area contributed by atoms with Gasteiger partial charge in [-0.05, 0) is 11.4 Å². The summed E-state index contributed by atoms with van der Waals surface area (Å²) in [5, 5.41) is 13.6. The molecule has 0 bridgehead atoms. The van der Waals surface area contributed by atoms with E-state index in [0.29, 0.717) is 4.88 Å². The number of hydrogen-bond donors (Lipinski definition) is 2. The van der Waals surface area contributed by atoms with Crippen LogP contribution in [0.1, 0.15) is 32.9 Å². The van der Waals surface area contributed by atoms with Crippen molar-refractivity contribution in [2.24, 2.45) is 0 Å². The van der Waals surface area contributed by atoms with Gasteiger partial charge < -0.3 is 19.9 Å². The average Bonchev–Trinajstić information content (AvgIpc) is 3.13. The molecule has 1 amide bonds. The second-order valence-electron chi connectivity index (χ2n) is 5.01. The summed E-state index contributed by atoms with van der Waals surface area (Å²) in [6.07, 6.45) is -0.00776. The van der Waals surface area contributed by atoms with Gasteiger partial charge in [0.05, 0.1) is 30.3 Å².